The van der Waals surface area contributed by atoms with Gasteiger partial charge >= 0.3 is 0 Å². The molecule has 0 bridgehead atoms. The van der Waals surface area contributed by atoms with Crippen molar-refractivity contribution >= 4 is 39.1 Å². The number of carbonyl (C=O) groups excluding carboxylic acids is 2. The number of hydrogen-bond acceptors (Lipinski definition) is 2. The summed E-state index contributed by atoms with van der Waals surface area (Å²) in [6.07, 6.45) is 0.415. The summed E-state index contributed by atoms with van der Waals surface area (Å²) in [6.45, 7) is 5.55. The number of hydrogen-bond donors (Lipinski definition) is 2. The molecule has 0 saturated carbocycles. The van der Waals surface area contributed by atoms with Crippen molar-refractivity contribution in [2.75, 3.05) is 16.0 Å². The zero-order chi connectivity index (χ0) is 14.5. The van der Waals surface area contributed by atoms with Gasteiger partial charge in [0.25, 0.3) is 0 Å². The number of benzene rings is 1. The van der Waals surface area contributed by atoms with Crippen LogP contribution in [0.3, 0.4) is 0 Å². The molecule has 1 rings (SSSR count). The number of alkyl halides is 1. The fourth-order valence-corrected chi connectivity index (χ4v) is 1.66. The predicted octanol–water partition coefficient (Wildman–Crippen LogP) is 3.39. The van der Waals surface area contributed by atoms with Crippen LogP contribution in [0.25, 0.3) is 0 Å². The molecular weight excluding hydrogens is 308 g/mol. The van der Waals surface area contributed by atoms with Gasteiger partial charge in [0.1, 0.15) is 0 Å². The molecular formula is C14H19BrN2O2. The van der Waals surface area contributed by atoms with Crippen LogP contribution in [0.4, 0.5) is 11.4 Å². The maximum Gasteiger partial charge on any atom is 0.229 e. The van der Waals surface area contributed by atoms with Gasteiger partial charge < -0.3 is 10.6 Å². The van der Waals surface area contributed by atoms with E-state index in [4.69, 9.17) is 0 Å². The Morgan fingerprint density at radius 1 is 1.16 bits per heavy atom. The highest BCUT2D eigenvalue weighted by atomic mass is 79.9. The quantitative estimate of drug-likeness (QED) is 0.833. The van der Waals surface area contributed by atoms with Crippen molar-refractivity contribution in [2.45, 2.75) is 27.2 Å². The molecule has 0 heterocycles. The van der Waals surface area contributed by atoms with E-state index in [1.165, 1.54) is 0 Å². The zero-order valence-electron chi connectivity index (χ0n) is 11.4. The van der Waals surface area contributed by atoms with Crippen LogP contribution in [0.2, 0.25) is 0 Å². The van der Waals surface area contributed by atoms with E-state index in [1.54, 1.807) is 24.3 Å². The molecule has 1 aromatic carbocycles. The van der Waals surface area contributed by atoms with Crippen molar-refractivity contribution in [2.24, 2.45) is 5.41 Å². The molecule has 0 aliphatic carbocycles. The molecule has 0 fully saturated rings. The molecule has 0 aliphatic heterocycles. The SMILES string of the molecule is CC(C)(C)C(=O)Nc1cccc(NC(=O)CCBr)c1. The number of amides is 2. The molecule has 0 spiro atoms. The van der Waals surface area contributed by atoms with Crippen LogP contribution >= 0.6 is 15.9 Å². The van der Waals surface area contributed by atoms with Gasteiger partial charge in [-0.1, -0.05) is 42.8 Å². The molecule has 4 nitrogen and oxygen atoms in total. The number of anilines is 2. The Kier molecular flexibility index (Phi) is 5.54. The Hall–Kier alpha value is -1.36. The Balaban J connectivity index is 2.72. The number of nitrogens with one attached hydrogen (secondary N) is 2. The summed E-state index contributed by atoms with van der Waals surface area (Å²) >= 11 is 3.21. The van der Waals surface area contributed by atoms with E-state index in [0.29, 0.717) is 23.1 Å². The second kappa shape index (κ2) is 6.70. The second-order valence-corrected chi connectivity index (χ2v) is 6.07. The topological polar surface area (TPSA) is 58.2 Å². The molecule has 0 aromatic heterocycles. The third-order valence-corrected chi connectivity index (χ3v) is 2.80. The average Bonchev–Trinajstić information content (AvgIpc) is 2.28. The zero-order valence-corrected chi connectivity index (χ0v) is 13.0. The van der Waals surface area contributed by atoms with E-state index < -0.39 is 5.41 Å². The van der Waals surface area contributed by atoms with Crippen molar-refractivity contribution in [3.05, 3.63) is 24.3 Å². The molecule has 19 heavy (non-hydrogen) atoms. The first-order valence-electron chi connectivity index (χ1n) is 6.10. The lowest BCUT2D eigenvalue weighted by molar-refractivity contribution is -0.123. The van der Waals surface area contributed by atoms with Gasteiger partial charge in [0.05, 0.1) is 0 Å². The maximum atomic E-state index is 11.9. The van der Waals surface area contributed by atoms with Crippen LogP contribution in [0.1, 0.15) is 27.2 Å². The van der Waals surface area contributed by atoms with E-state index in [9.17, 15) is 9.59 Å². The van der Waals surface area contributed by atoms with Crippen molar-refractivity contribution in [3.63, 3.8) is 0 Å². The van der Waals surface area contributed by atoms with Crippen molar-refractivity contribution in [3.8, 4) is 0 Å². The molecule has 0 radical (unpaired) electrons. The van der Waals surface area contributed by atoms with Gasteiger partial charge in [-0.05, 0) is 18.2 Å². The maximum absolute atomic E-state index is 11.9. The molecule has 0 saturated heterocycles. The van der Waals surface area contributed by atoms with E-state index >= 15 is 0 Å². The molecule has 0 atom stereocenters. The Morgan fingerprint density at radius 2 is 1.74 bits per heavy atom. The van der Waals surface area contributed by atoms with E-state index in [1.807, 2.05) is 20.8 Å². The summed E-state index contributed by atoms with van der Waals surface area (Å²) in [7, 11) is 0. The molecule has 0 unspecified atom stereocenters. The molecule has 104 valence electrons. The third-order valence-electron chi connectivity index (χ3n) is 2.41. The van der Waals surface area contributed by atoms with Crippen LogP contribution in [0.15, 0.2) is 24.3 Å². The summed E-state index contributed by atoms with van der Waals surface area (Å²) in [6, 6.07) is 7.13. The fourth-order valence-electron chi connectivity index (χ4n) is 1.30. The van der Waals surface area contributed by atoms with Crippen molar-refractivity contribution < 1.29 is 9.59 Å². The van der Waals surface area contributed by atoms with Gasteiger partial charge in [0.2, 0.25) is 11.8 Å². The first kappa shape index (κ1) is 15.7. The predicted molar refractivity (Wildman–Crippen MR) is 81.6 cm³/mol. The van der Waals surface area contributed by atoms with Gasteiger partial charge in [0, 0.05) is 28.5 Å². The molecule has 0 aliphatic rings. The van der Waals surface area contributed by atoms with Crippen molar-refractivity contribution in [1.82, 2.24) is 0 Å². The largest absolute Gasteiger partial charge is 0.326 e. The summed E-state index contributed by atoms with van der Waals surface area (Å²) < 4.78 is 0. The summed E-state index contributed by atoms with van der Waals surface area (Å²) in [5.74, 6) is -0.118. The molecule has 2 amide bonds. The average molecular weight is 327 g/mol. The highest BCUT2D eigenvalue weighted by Gasteiger charge is 2.21. The summed E-state index contributed by atoms with van der Waals surface area (Å²) in [5, 5.41) is 6.23. The first-order valence-corrected chi connectivity index (χ1v) is 7.22. The third kappa shape index (κ3) is 5.42. The molecule has 2 N–H and O–H groups in total. The molecule has 5 heteroatoms. The van der Waals surface area contributed by atoms with Crippen LogP contribution in [-0.2, 0) is 9.59 Å². The smallest absolute Gasteiger partial charge is 0.229 e. The number of carbonyl (C=O) groups is 2. The van der Waals surface area contributed by atoms with Crippen LogP contribution in [0, 0.1) is 5.41 Å². The van der Waals surface area contributed by atoms with Crippen molar-refractivity contribution in [1.29, 1.82) is 0 Å². The Bertz CT molecular complexity index is 467. The normalized spacial score (nSPS) is 10.9. The van der Waals surface area contributed by atoms with Gasteiger partial charge in [-0.2, -0.15) is 0 Å². The summed E-state index contributed by atoms with van der Waals surface area (Å²) in [5.41, 5.74) is 0.907. The minimum absolute atomic E-state index is 0.0589. The van der Waals surface area contributed by atoms with Gasteiger partial charge in [-0.25, -0.2) is 0 Å². The molecule has 1 aromatic rings. The van der Waals surface area contributed by atoms with Crippen LogP contribution in [0.5, 0.6) is 0 Å². The highest BCUT2D eigenvalue weighted by molar-refractivity contribution is 9.09. The first-order chi connectivity index (χ1) is 8.82. The fraction of sp³-hybridized carbons (Fsp3) is 0.429. The number of rotatable bonds is 4. The lowest BCUT2D eigenvalue weighted by atomic mass is 9.95. The monoisotopic (exact) mass is 326 g/mol. The lowest BCUT2D eigenvalue weighted by Gasteiger charge is -2.18. The minimum Gasteiger partial charge on any atom is -0.326 e. The Labute approximate surface area is 122 Å². The second-order valence-electron chi connectivity index (χ2n) is 5.27. The van der Waals surface area contributed by atoms with Crippen LogP contribution in [-0.4, -0.2) is 17.1 Å². The van der Waals surface area contributed by atoms with Gasteiger partial charge in [-0.15, -0.1) is 0 Å². The van der Waals surface area contributed by atoms with E-state index in [2.05, 4.69) is 26.6 Å². The van der Waals surface area contributed by atoms with Gasteiger partial charge in [0.15, 0.2) is 0 Å². The summed E-state index contributed by atoms with van der Waals surface area (Å²) in [4.78, 5) is 23.3. The van der Waals surface area contributed by atoms with Crippen LogP contribution < -0.4 is 10.6 Å². The minimum atomic E-state index is -0.449. The standard InChI is InChI=1S/C14H19BrN2O2/c1-14(2,3)13(19)17-11-6-4-5-10(9-11)16-12(18)7-8-15/h4-6,9H,7-8H2,1-3H3,(H,16,18)(H,17,19). The van der Waals surface area contributed by atoms with E-state index in [0.717, 1.165) is 0 Å². The van der Waals surface area contributed by atoms with Gasteiger partial charge in [-0.3, -0.25) is 9.59 Å². The Morgan fingerprint density at radius 3 is 2.26 bits per heavy atom. The van der Waals surface area contributed by atoms with E-state index in [-0.39, 0.29) is 11.8 Å². The highest BCUT2D eigenvalue weighted by Crippen LogP contribution is 2.20. The number of halogens is 1. The lowest BCUT2D eigenvalue weighted by Crippen LogP contribution is -2.27.